The van der Waals surface area contributed by atoms with E-state index >= 15 is 0 Å². The van der Waals surface area contributed by atoms with E-state index in [9.17, 15) is 0 Å². The average Bonchev–Trinajstić information content (AvgIpc) is 2.58. The molecule has 0 amide bonds. The summed E-state index contributed by atoms with van der Waals surface area (Å²) in [5, 5.41) is 0. The molecular formula is C11H19N. The van der Waals surface area contributed by atoms with Gasteiger partial charge in [-0.25, -0.2) is 0 Å². The molecule has 1 nitrogen and oxygen atoms in total. The summed E-state index contributed by atoms with van der Waals surface area (Å²) in [6.45, 7) is 2.83. The predicted octanol–water partition coefficient (Wildman–Crippen LogP) is 2.27. The second-order valence-corrected chi connectivity index (χ2v) is 4.85. The van der Waals surface area contributed by atoms with Crippen LogP contribution in [0.1, 0.15) is 38.5 Å². The maximum Gasteiger partial charge on any atom is 0.0158 e. The Morgan fingerprint density at radius 3 is 1.92 bits per heavy atom. The number of hydrogen-bond acceptors (Lipinski definition) is 1. The van der Waals surface area contributed by atoms with E-state index in [1.807, 2.05) is 0 Å². The summed E-state index contributed by atoms with van der Waals surface area (Å²) in [6.07, 6.45) is 9.07. The quantitative estimate of drug-likeness (QED) is 0.576. The zero-order valence-corrected chi connectivity index (χ0v) is 7.84. The molecule has 1 saturated heterocycles. The van der Waals surface area contributed by atoms with Crippen LogP contribution in [0.15, 0.2) is 0 Å². The predicted molar refractivity (Wildman–Crippen MR) is 50.0 cm³/mol. The number of fused-ring (bicyclic) bond motifs is 1. The van der Waals surface area contributed by atoms with E-state index in [1.165, 1.54) is 38.8 Å². The fourth-order valence-corrected chi connectivity index (χ4v) is 3.54. The topological polar surface area (TPSA) is 3.24 Å². The SMILES string of the molecule is C1CCC2C(C1)C2N1CCCC1. The van der Waals surface area contributed by atoms with Gasteiger partial charge >= 0.3 is 0 Å². The zero-order chi connectivity index (χ0) is 7.97. The molecule has 1 heterocycles. The lowest BCUT2D eigenvalue weighted by molar-refractivity contribution is 0.303. The average molecular weight is 165 g/mol. The van der Waals surface area contributed by atoms with Gasteiger partial charge in [0.15, 0.2) is 0 Å². The standard InChI is InChI=1S/C11H19N/c1-2-6-10-9(5-1)11(10)12-7-3-4-8-12/h9-11H,1-8H2. The summed E-state index contributed by atoms with van der Waals surface area (Å²) >= 11 is 0. The Bertz CT molecular complexity index is 160. The summed E-state index contributed by atoms with van der Waals surface area (Å²) in [5.74, 6) is 2.27. The van der Waals surface area contributed by atoms with E-state index in [-0.39, 0.29) is 0 Å². The smallest absolute Gasteiger partial charge is 0.0158 e. The molecule has 3 rings (SSSR count). The van der Waals surface area contributed by atoms with Gasteiger partial charge in [-0.15, -0.1) is 0 Å². The van der Waals surface area contributed by atoms with Gasteiger partial charge in [-0.2, -0.15) is 0 Å². The first kappa shape index (κ1) is 7.37. The van der Waals surface area contributed by atoms with Crippen molar-refractivity contribution in [1.82, 2.24) is 4.90 Å². The molecule has 0 spiro atoms. The third-order valence-corrected chi connectivity index (χ3v) is 4.17. The van der Waals surface area contributed by atoms with Gasteiger partial charge in [-0.1, -0.05) is 12.8 Å². The van der Waals surface area contributed by atoms with Gasteiger partial charge in [0.1, 0.15) is 0 Å². The van der Waals surface area contributed by atoms with Gasteiger partial charge in [-0.05, 0) is 50.6 Å². The first-order valence-electron chi connectivity index (χ1n) is 5.71. The van der Waals surface area contributed by atoms with Crippen molar-refractivity contribution in [3.63, 3.8) is 0 Å². The van der Waals surface area contributed by atoms with E-state index in [0.29, 0.717) is 0 Å². The largest absolute Gasteiger partial charge is 0.300 e. The second kappa shape index (κ2) is 2.73. The van der Waals surface area contributed by atoms with Crippen LogP contribution in [-0.4, -0.2) is 24.0 Å². The molecule has 0 aromatic carbocycles. The fraction of sp³-hybridized carbons (Fsp3) is 1.00. The third-order valence-electron chi connectivity index (χ3n) is 4.17. The van der Waals surface area contributed by atoms with E-state index in [1.54, 1.807) is 12.8 Å². The molecule has 2 unspecified atom stereocenters. The zero-order valence-electron chi connectivity index (χ0n) is 7.84. The van der Waals surface area contributed by atoms with Crippen molar-refractivity contribution >= 4 is 0 Å². The van der Waals surface area contributed by atoms with Gasteiger partial charge in [0.05, 0.1) is 0 Å². The lowest BCUT2D eigenvalue weighted by atomic mass is 10.0. The highest BCUT2D eigenvalue weighted by Crippen LogP contribution is 2.53. The second-order valence-electron chi connectivity index (χ2n) is 4.85. The molecule has 1 heteroatoms. The van der Waals surface area contributed by atoms with Crippen LogP contribution < -0.4 is 0 Å². The molecule has 3 fully saturated rings. The molecular weight excluding hydrogens is 146 g/mol. The normalized spacial score (nSPS) is 47.5. The molecule has 3 aliphatic rings. The van der Waals surface area contributed by atoms with Crippen molar-refractivity contribution in [2.45, 2.75) is 44.6 Å². The van der Waals surface area contributed by atoms with Crippen molar-refractivity contribution in [3.05, 3.63) is 0 Å². The maximum atomic E-state index is 2.78. The van der Waals surface area contributed by atoms with Gasteiger partial charge in [0, 0.05) is 6.04 Å². The van der Waals surface area contributed by atoms with Crippen molar-refractivity contribution in [1.29, 1.82) is 0 Å². The van der Waals surface area contributed by atoms with E-state index in [2.05, 4.69) is 4.90 Å². The van der Waals surface area contributed by atoms with E-state index in [0.717, 1.165) is 17.9 Å². The van der Waals surface area contributed by atoms with Gasteiger partial charge < -0.3 is 0 Å². The van der Waals surface area contributed by atoms with Crippen LogP contribution >= 0.6 is 0 Å². The molecule has 0 aromatic heterocycles. The number of likely N-dealkylation sites (tertiary alicyclic amines) is 1. The number of rotatable bonds is 1. The van der Waals surface area contributed by atoms with Gasteiger partial charge in [-0.3, -0.25) is 4.90 Å². The molecule has 0 N–H and O–H groups in total. The molecule has 0 radical (unpaired) electrons. The summed E-state index contributed by atoms with van der Waals surface area (Å²) < 4.78 is 0. The highest BCUT2D eigenvalue weighted by atomic mass is 15.2. The van der Waals surface area contributed by atoms with Crippen LogP contribution in [0.2, 0.25) is 0 Å². The fourth-order valence-electron chi connectivity index (χ4n) is 3.54. The van der Waals surface area contributed by atoms with Crippen LogP contribution in [-0.2, 0) is 0 Å². The van der Waals surface area contributed by atoms with Crippen LogP contribution in [0.5, 0.6) is 0 Å². The lowest BCUT2D eigenvalue weighted by Crippen LogP contribution is -2.24. The summed E-state index contributed by atoms with van der Waals surface area (Å²) in [6, 6.07) is 1.05. The van der Waals surface area contributed by atoms with Crippen LogP contribution in [0, 0.1) is 11.8 Å². The molecule has 1 aliphatic heterocycles. The minimum Gasteiger partial charge on any atom is -0.300 e. The van der Waals surface area contributed by atoms with Crippen molar-refractivity contribution in [3.8, 4) is 0 Å². The monoisotopic (exact) mass is 165 g/mol. The Balaban J connectivity index is 1.64. The van der Waals surface area contributed by atoms with Crippen LogP contribution in [0.4, 0.5) is 0 Å². The highest BCUT2D eigenvalue weighted by molar-refractivity contribution is 5.06. The molecule has 2 aliphatic carbocycles. The number of nitrogens with zero attached hydrogens (tertiary/aromatic N) is 1. The minimum atomic E-state index is 1.05. The van der Waals surface area contributed by atoms with Gasteiger partial charge in [0.2, 0.25) is 0 Å². The number of hydrogen-bond donors (Lipinski definition) is 0. The first-order valence-corrected chi connectivity index (χ1v) is 5.71. The summed E-state index contributed by atoms with van der Waals surface area (Å²) in [7, 11) is 0. The Morgan fingerprint density at radius 2 is 1.33 bits per heavy atom. The van der Waals surface area contributed by atoms with Gasteiger partial charge in [0.25, 0.3) is 0 Å². The van der Waals surface area contributed by atoms with Crippen LogP contribution in [0.3, 0.4) is 0 Å². The minimum absolute atomic E-state index is 1.05. The van der Waals surface area contributed by atoms with Crippen molar-refractivity contribution < 1.29 is 0 Å². The Kier molecular flexibility index (Phi) is 1.68. The molecule has 2 saturated carbocycles. The van der Waals surface area contributed by atoms with E-state index in [4.69, 9.17) is 0 Å². The van der Waals surface area contributed by atoms with E-state index < -0.39 is 0 Å². The molecule has 2 atom stereocenters. The summed E-state index contributed by atoms with van der Waals surface area (Å²) in [4.78, 5) is 2.78. The first-order chi connectivity index (χ1) is 5.97. The molecule has 68 valence electrons. The third kappa shape index (κ3) is 1.02. The maximum absolute atomic E-state index is 2.78. The molecule has 0 bridgehead atoms. The Hall–Kier alpha value is -0.0400. The lowest BCUT2D eigenvalue weighted by Gasteiger charge is -2.13. The Morgan fingerprint density at radius 1 is 0.750 bits per heavy atom. The van der Waals surface area contributed by atoms with Crippen molar-refractivity contribution in [2.75, 3.05) is 13.1 Å². The van der Waals surface area contributed by atoms with Crippen LogP contribution in [0.25, 0.3) is 0 Å². The Labute approximate surface area is 75.1 Å². The van der Waals surface area contributed by atoms with Crippen molar-refractivity contribution in [2.24, 2.45) is 11.8 Å². The highest BCUT2D eigenvalue weighted by Gasteiger charge is 2.53. The summed E-state index contributed by atoms with van der Waals surface area (Å²) in [5.41, 5.74) is 0. The molecule has 0 aromatic rings. The molecule has 12 heavy (non-hydrogen) atoms.